The molecule has 184 valence electrons. The molecule has 2 aromatic carbocycles. The quantitative estimate of drug-likeness (QED) is 0.649. The maximum absolute atomic E-state index is 14.3. The molecule has 4 aliphatic rings. The number of anilines is 4. The third-order valence-electron chi connectivity index (χ3n) is 8.14. The van der Waals surface area contributed by atoms with Crippen molar-refractivity contribution in [2.45, 2.75) is 32.2 Å². The molecule has 0 saturated carbocycles. The summed E-state index contributed by atoms with van der Waals surface area (Å²) in [6.07, 6.45) is 11.8. The molecule has 2 aromatic rings. The Morgan fingerprint density at radius 3 is 2.31 bits per heavy atom. The number of halogens is 1. The van der Waals surface area contributed by atoms with Gasteiger partial charge in [0.25, 0.3) is 0 Å². The van der Waals surface area contributed by atoms with Gasteiger partial charge in [-0.15, -0.1) is 0 Å². The fourth-order valence-corrected chi connectivity index (χ4v) is 6.17. The van der Waals surface area contributed by atoms with Crippen molar-refractivity contribution in [3.63, 3.8) is 0 Å². The summed E-state index contributed by atoms with van der Waals surface area (Å²) in [4.78, 5) is 7.73. The maximum atomic E-state index is 14.3. The van der Waals surface area contributed by atoms with Crippen molar-refractivity contribution in [3.05, 3.63) is 58.9 Å². The van der Waals surface area contributed by atoms with Crippen molar-refractivity contribution in [2.75, 3.05) is 72.8 Å². The summed E-state index contributed by atoms with van der Waals surface area (Å²) in [6, 6.07) is 8.93. The highest BCUT2D eigenvalue weighted by Gasteiger charge is 2.30. The van der Waals surface area contributed by atoms with Gasteiger partial charge >= 0.3 is 0 Å². The van der Waals surface area contributed by atoms with E-state index >= 15 is 0 Å². The Morgan fingerprint density at radius 1 is 0.829 bits per heavy atom. The topological polar surface area (TPSA) is 33.8 Å². The Bertz CT molecular complexity index is 1140. The minimum atomic E-state index is -0.142. The number of benzene rings is 2. The van der Waals surface area contributed by atoms with Gasteiger partial charge in [-0.1, -0.05) is 31.2 Å². The maximum Gasteiger partial charge on any atom is 0.132 e. The van der Waals surface area contributed by atoms with E-state index in [2.05, 4.69) is 56.5 Å². The minimum absolute atomic E-state index is 0.142. The molecule has 0 amide bonds. The van der Waals surface area contributed by atoms with Crippen LogP contribution >= 0.6 is 0 Å². The molecule has 35 heavy (non-hydrogen) atoms. The molecule has 0 aliphatic carbocycles. The van der Waals surface area contributed by atoms with Crippen molar-refractivity contribution in [2.24, 2.45) is 0 Å². The average Bonchev–Trinajstić information content (AvgIpc) is 2.93. The van der Waals surface area contributed by atoms with Gasteiger partial charge in [0.05, 0.1) is 22.7 Å². The van der Waals surface area contributed by atoms with Crippen LogP contribution in [0, 0.1) is 5.82 Å². The lowest BCUT2D eigenvalue weighted by Gasteiger charge is -2.44. The lowest BCUT2D eigenvalue weighted by molar-refractivity contribution is 0.160. The fraction of sp³-hybridized carbons (Fsp3) is 0.448. The van der Waals surface area contributed by atoms with Crippen LogP contribution in [-0.4, -0.2) is 63.3 Å². The second-order valence-corrected chi connectivity index (χ2v) is 10.1. The van der Waals surface area contributed by atoms with Gasteiger partial charge in [-0.05, 0) is 54.7 Å². The highest BCUT2D eigenvalue weighted by Crippen LogP contribution is 2.37. The Kier molecular flexibility index (Phi) is 6.15. The standard InChI is InChI=1S/C29H36FN5/c1-2-21-19-22-5-3-11-31-28(22)27(20-21)35-17-15-33(16-18-35)23-9-13-34(14-10-23)26-8-7-25(30)24-6-4-12-32-29(24)26/h3-8,19-20,23,31-32H,2,9-18H2,1H3. The van der Waals surface area contributed by atoms with Gasteiger partial charge in [0.1, 0.15) is 5.82 Å². The lowest BCUT2D eigenvalue weighted by atomic mass is 9.99. The molecule has 2 saturated heterocycles. The molecular formula is C29H36FN5. The van der Waals surface area contributed by atoms with Crippen LogP contribution in [0.4, 0.5) is 27.1 Å². The molecule has 0 atom stereocenters. The zero-order valence-electron chi connectivity index (χ0n) is 20.7. The first-order chi connectivity index (χ1) is 17.2. The van der Waals surface area contributed by atoms with Crippen LogP contribution in [0.2, 0.25) is 0 Å². The lowest BCUT2D eigenvalue weighted by Crippen LogP contribution is -2.53. The largest absolute Gasteiger partial charge is 0.379 e. The van der Waals surface area contributed by atoms with Crippen molar-refractivity contribution >= 4 is 34.9 Å². The number of rotatable bonds is 4. The van der Waals surface area contributed by atoms with Gasteiger partial charge in [0.2, 0.25) is 0 Å². The highest BCUT2D eigenvalue weighted by molar-refractivity contribution is 5.84. The summed E-state index contributed by atoms with van der Waals surface area (Å²) >= 11 is 0. The molecule has 6 heteroatoms. The van der Waals surface area contributed by atoms with E-state index in [4.69, 9.17) is 0 Å². The number of nitrogens with one attached hydrogen (secondary N) is 2. The van der Waals surface area contributed by atoms with Crippen LogP contribution in [0.5, 0.6) is 0 Å². The van der Waals surface area contributed by atoms with E-state index in [0.717, 1.165) is 83.0 Å². The summed E-state index contributed by atoms with van der Waals surface area (Å²) in [5.41, 5.74) is 8.23. The molecule has 2 N–H and O–H groups in total. The molecule has 6 rings (SSSR count). The Morgan fingerprint density at radius 2 is 1.54 bits per heavy atom. The first kappa shape index (κ1) is 22.5. The number of nitrogens with zero attached hydrogens (tertiary/aromatic N) is 3. The van der Waals surface area contributed by atoms with E-state index in [0.29, 0.717) is 11.6 Å². The van der Waals surface area contributed by atoms with Crippen LogP contribution in [0.1, 0.15) is 36.5 Å². The zero-order chi connectivity index (χ0) is 23.8. The predicted molar refractivity (Wildman–Crippen MR) is 146 cm³/mol. The molecular weight excluding hydrogens is 437 g/mol. The van der Waals surface area contributed by atoms with E-state index in [1.165, 1.54) is 22.5 Å². The SMILES string of the molecule is CCc1cc2c(c(N3CCN(C4CCN(c5ccc(F)c6c5NCC=C6)CC4)CC3)c1)NCC=C2. The van der Waals surface area contributed by atoms with Crippen LogP contribution in [0.15, 0.2) is 36.4 Å². The number of hydrogen-bond donors (Lipinski definition) is 2. The first-order valence-electron chi connectivity index (χ1n) is 13.3. The van der Waals surface area contributed by atoms with E-state index in [-0.39, 0.29) is 5.82 Å². The third kappa shape index (κ3) is 4.29. The van der Waals surface area contributed by atoms with E-state index < -0.39 is 0 Å². The second-order valence-electron chi connectivity index (χ2n) is 10.1. The van der Waals surface area contributed by atoms with Gasteiger partial charge in [-0.3, -0.25) is 4.90 Å². The summed E-state index contributed by atoms with van der Waals surface area (Å²) in [5, 5.41) is 7.02. The summed E-state index contributed by atoms with van der Waals surface area (Å²) in [6.45, 7) is 10.3. The van der Waals surface area contributed by atoms with Gasteiger partial charge in [0.15, 0.2) is 0 Å². The van der Waals surface area contributed by atoms with Crippen LogP contribution in [0.25, 0.3) is 12.2 Å². The first-order valence-corrected chi connectivity index (χ1v) is 13.3. The summed E-state index contributed by atoms with van der Waals surface area (Å²) in [5.74, 6) is -0.142. The van der Waals surface area contributed by atoms with Gasteiger partial charge in [0, 0.05) is 64.0 Å². The number of aryl methyl sites for hydroxylation is 1. The minimum Gasteiger partial charge on any atom is -0.379 e. The molecule has 0 bridgehead atoms. The van der Waals surface area contributed by atoms with Gasteiger partial charge in [-0.25, -0.2) is 4.39 Å². The Balaban J connectivity index is 1.09. The second kappa shape index (κ2) is 9.57. The fourth-order valence-electron chi connectivity index (χ4n) is 6.17. The van der Waals surface area contributed by atoms with Crippen molar-refractivity contribution in [1.29, 1.82) is 0 Å². The molecule has 5 nitrogen and oxygen atoms in total. The molecule has 0 unspecified atom stereocenters. The smallest absolute Gasteiger partial charge is 0.132 e. The van der Waals surface area contributed by atoms with Gasteiger partial charge < -0.3 is 20.4 Å². The number of piperazine rings is 1. The summed E-state index contributed by atoms with van der Waals surface area (Å²) in [7, 11) is 0. The van der Waals surface area contributed by atoms with Gasteiger partial charge in [-0.2, -0.15) is 0 Å². The number of fused-ring (bicyclic) bond motifs is 2. The molecule has 2 fully saturated rings. The molecule has 4 aliphatic heterocycles. The predicted octanol–water partition coefficient (Wildman–Crippen LogP) is 5.06. The highest BCUT2D eigenvalue weighted by atomic mass is 19.1. The third-order valence-corrected chi connectivity index (χ3v) is 8.14. The number of hydrogen-bond acceptors (Lipinski definition) is 5. The van der Waals surface area contributed by atoms with E-state index in [9.17, 15) is 4.39 Å². The normalized spacial score (nSPS) is 20.3. The van der Waals surface area contributed by atoms with Crippen molar-refractivity contribution in [1.82, 2.24) is 4.90 Å². The summed E-state index contributed by atoms with van der Waals surface area (Å²) < 4.78 is 14.3. The van der Waals surface area contributed by atoms with Crippen molar-refractivity contribution < 1.29 is 4.39 Å². The average molecular weight is 474 g/mol. The molecule has 0 spiro atoms. The Hall–Kier alpha value is -2.99. The van der Waals surface area contributed by atoms with Crippen molar-refractivity contribution in [3.8, 4) is 0 Å². The molecule has 4 heterocycles. The zero-order valence-corrected chi connectivity index (χ0v) is 20.7. The van der Waals surface area contributed by atoms with E-state index in [1.54, 1.807) is 6.07 Å². The van der Waals surface area contributed by atoms with Crippen LogP contribution in [0.3, 0.4) is 0 Å². The molecule has 0 aromatic heterocycles. The van der Waals surface area contributed by atoms with Crippen LogP contribution in [-0.2, 0) is 6.42 Å². The Labute approximate surface area is 208 Å². The van der Waals surface area contributed by atoms with Crippen LogP contribution < -0.4 is 20.4 Å². The molecule has 0 radical (unpaired) electrons. The number of piperidine rings is 1. The van der Waals surface area contributed by atoms with E-state index in [1.807, 2.05) is 18.2 Å². The monoisotopic (exact) mass is 473 g/mol.